The van der Waals surface area contributed by atoms with Crippen molar-refractivity contribution in [2.45, 2.75) is 6.42 Å². The minimum absolute atomic E-state index is 0.000961. The Morgan fingerprint density at radius 2 is 1.75 bits per heavy atom. The molecule has 100 valence electrons. The number of nitrogens with one attached hydrogen (secondary N) is 1. The van der Waals surface area contributed by atoms with Gasteiger partial charge < -0.3 is 15.2 Å². The molecule has 0 aliphatic carbocycles. The van der Waals surface area contributed by atoms with Gasteiger partial charge in [-0.15, -0.1) is 0 Å². The average molecular weight is 267 g/mol. The van der Waals surface area contributed by atoms with E-state index in [0.717, 1.165) is 27.6 Å². The van der Waals surface area contributed by atoms with E-state index in [0.29, 0.717) is 0 Å². The van der Waals surface area contributed by atoms with Gasteiger partial charge in [0.15, 0.2) is 0 Å². The first kappa shape index (κ1) is 12.3. The second-order valence-corrected chi connectivity index (χ2v) is 4.69. The van der Waals surface area contributed by atoms with Gasteiger partial charge in [-0.1, -0.05) is 18.2 Å². The van der Waals surface area contributed by atoms with Gasteiger partial charge in [0, 0.05) is 17.1 Å². The lowest BCUT2D eigenvalue weighted by molar-refractivity contribution is -0.136. The van der Waals surface area contributed by atoms with Gasteiger partial charge in [-0.05, 0) is 41.0 Å². The molecule has 0 saturated heterocycles. The van der Waals surface area contributed by atoms with Gasteiger partial charge in [-0.3, -0.25) is 4.79 Å². The summed E-state index contributed by atoms with van der Waals surface area (Å²) in [6.07, 6.45) is 1.73. The zero-order valence-electron chi connectivity index (χ0n) is 10.6. The Hall–Kier alpha value is -2.75. The van der Waals surface area contributed by atoms with E-state index in [-0.39, 0.29) is 12.2 Å². The first-order chi connectivity index (χ1) is 9.63. The van der Waals surface area contributed by atoms with Crippen LogP contribution in [0.5, 0.6) is 5.75 Å². The van der Waals surface area contributed by atoms with Gasteiger partial charge in [-0.2, -0.15) is 0 Å². The molecule has 4 heteroatoms. The van der Waals surface area contributed by atoms with Crippen molar-refractivity contribution >= 4 is 16.9 Å². The van der Waals surface area contributed by atoms with Gasteiger partial charge in [0.25, 0.3) is 0 Å². The SMILES string of the molecule is O=C(O)Cc1c[nH]c2ccc(-c3ccc(O)cc3)cc12. The summed E-state index contributed by atoms with van der Waals surface area (Å²) in [7, 11) is 0. The number of aromatic nitrogens is 1. The molecule has 0 fully saturated rings. The number of H-pyrrole nitrogens is 1. The maximum atomic E-state index is 10.9. The minimum atomic E-state index is -0.846. The highest BCUT2D eigenvalue weighted by molar-refractivity contribution is 5.90. The number of carbonyl (C=O) groups is 1. The number of aliphatic carboxylic acids is 1. The summed E-state index contributed by atoms with van der Waals surface area (Å²) in [4.78, 5) is 13.9. The number of hydrogen-bond donors (Lipinski definition) is 3. The van der Waals surface area contributed by atoms with Crippen LogP contribution in [0.3, 0.4) is 0 Å². The largest absolute Gasteiger partial charge is 0.508 e. The molecular weight excluding hydrogens is 254 g/mol. The summed E-state index contributed by atoms with van der Waals surface area (Å²) in [6.45, 7) is 0. The number of phenolic OH excluding ortho intramolecular Hbond substituents is 1. The number of aromatic amines is 1. The fourth-order valence-electron chi connectivity index (χ4n) is 2.32. The summed E-state index contributed by atoms with van der Waals surface area (Å²) < 4.78 is 0. The lowest BCUT2D eigenvalue weighted by Gasteiger charge is -2.03. The Balaban J connectivity index is 2.09. The molecule has 0 saturated carbocycles. The average Bonchev–Trinajstić information content (AvgIpc) is 2.81. The number of aromatic hydroxyl groups is 1. The highest BCUT2D eigenvalue weighted by atomic mass is 16.4. The van der Waals surface area contributed by atoms with E-state index in [4.69, 9.17) is 5.11 Å². The van der Waals surface area contributed by atoms with E-state index in [9.17, 15) is 9.90 Å². The monoisotopic (exact) mass is 267 g/mol. The number of fused-ring (bicyclic) bond motifs is 1. The van der Waals surface area contributed by atoms with Gasteiger partial charge >= 0.3 is 5.97 Å². The molecule has 0 spiro atoms. The first-order valence-electron chi connectivity index (χ1n) is 6.25. The van der Waals surface area contributed by atoms with Gasteiger partial charge in [0.05, 0.1) is 6.42 Å². The van der Waals surface area contributed by atoms with Crippen molar-refractivity contribution in [1.29, 1.82) is 0 Å². The van der Waals surface area contributed by atoms with Crippen LogP contribution in [0.15, 0.2) is 48.7 Å². The molecule has 2 aromatic carbocycles. The Kier molecular flexibility index (Phi) is 2.91. The number of carboxylic acid groups (broad SMARTS) is 1. The summed E-state index contributed by atoms with van der Waals surface area (Å²) in [5, 5.41) is 19.2. The number of phenols is 1. The smallest absolute Gasteiger partial charge is 0.307 e. The molecule has 0 unspecified atom stereocenters. The minimum Gasteiger partial charge on any atom is -0.508 e. The van der Waals surface area contributed by atoms with Crippen LogP contribution in [0.2, 0.25) is 0 Å². The fourth-order valence-corrected chi connectivity index (χ4v) is 2.32. The van der Waals surface area contributed by atoms with Crippen LogP contribution in [0.4, 0.5) is 0 Å². The Bertz CT molecular complexity index is 772. The molecule has 0 atom stereocenters. The fraction of sp³-hybridized carbons (Fsp3) is 0.0625. The molecule has 20 heavy (non-hydrogen) atoms. The molecule has 3 rings (SSSR count). The zero-order valence-corrected chi connectivity index (χ0v) is 10.6. The van der Waals surface area contributed by atoms with E-state index < -0.39 is 5.97 Å². The molecule has 4 nitrogen and oxygen atoms in total. The topological polar surface area (TPSA) is 73.3 Å². The van der Waals surface area contributed by atoms with E-state index in [1.165, 1.54) is 0 Å². The maximum Gasteiger partial charge on any atom is 0.307 e. The van der Waals surface area contributed by atoms with Crippen LogP contribution in [-0.4, -0.2) is 21.2 Å². The third kappa shape index (κ3) is 2.23. The van der Waals surface area contributed by atoms with Crippen molar-refractivity contribution in [2.75, 3.05) is 0 Å². The van der Waals surface area contributed by atoms with Crippen molar-refractivity contribution in [3.63, 3.8) is 0 Å². The molecule has 1 heterocycles. The Morgan fingerprint density at radius 3 is 2.45 bits per heavy atom. The van der Waals surface area contributed by atoms with Crippen molar-refractivity contribution in [1.82, 2.24) is 4.98 Å². The zero-order chi connectivity index (χ0) is 14.1. The van der Waals surface area contributed by atoms with E-state index in [2.05, 4.69) is 4.98 Å². The molecule has 1 aromatic heterocycles. The van der Waals surface area contributed by atoms with Crippen molar-refractivity contribution < 1.29 is 15.0 Å². The number of carboxylic acids is 1. The van der Waals surface area contributed by atoms with E-state index in [1.807, 2.05) is 30.3 Å². The first-order valence-corrected chi connectivity index (χ1v) is 6.25. The van der Waals surface area contributed by atoms with E-state index in [1.54, 1.807) is 18.3 Å². The second kappa shape index (κ2) is 4.74. The van der Waals surface area contributed by atoms with Crippen LogP contribution < -0.4 is 0 Å². The second-order valence-electron chi connectivity index (χ2n) is 4.69. The third-order valence-electron chi connectivity index (χ3n) is 3.31. The Labute approximate surface area is 115 Å². The summed E-state index contributed by atoms with van der Waals surface area (Å²) in [5.41, 5.74) is 3.66. The lowest BCUT2D eigenvalue weighted by atomic mass is 10.0. The van der Waals surface area contributed by atoms with Gasteiger partial charge in [0.2, 0.25) is 0 Å². The lowest BCUT2D eigenvalue weighted by Crippen LogP contribution is -1.98. The van der Waals surface area contributed by atoms with Crippen molar-refractivity contribution in [3.05, 3.63) is 54.2 Å². The molecule has 3 N–H and O–H groups in total. The van der Waals surface area contributed by atoms with Crippen molar-refractivity contribution in [2.24, 2.45) is 0 Å². The quantitative estimate of drug-likeness (QED) is 0.682. The number of rotatable bonds is 3. The summed E-state index contributed by atoms with van der Waals surface area (Å²) >= 11 is 0. The third-order valence-corrected chi connectivity index (χ3v) is 3.31. The number of benzene rings is 2. The summed E-state index contributed by atoms with van der Waals surface area (Å²) in [5.74, 6) is -0.621. The van der Waals surface area contributed by atoms with Crippen LogP contribution in [-0.2, 0) is 11.2 Å². The molecule has 0 radical (unpaired) electrons. The molecule has 0 aliphatic rings. The predicted octanol–water partition coefficient (Wildman–Crippen LogP) is 3.17. The molecule has 3 aromatic rings. The molecule has 0 bridgehead atoms. The molecule has 0 aliphatic heterocycles. The highest BCUT2D eigenvalue weighted by Crippen LogP contribution is 2.27. The van der Waals surface area contributed by atoms with Crippen LogP contribution in [0.1, 0.15) is 5.56 Å². The van der Waals surface area contributed by atoms with Crippen LogP contribution >= 0.6 is 0 Å². The number of hydrogen-bond acceptors (Lipinski definition) is 2. The van der Waals surface area contributed by atoms with Gasteiger partial charge in [0.1, 0.15) is 5.75 Å². The predicted molar refractivity (Wildman–Crippen MR) is 76.7 cm³/mol. The normalized spacial score (nSPS) is 10.8. The Morgan fingerprint density at radius 1 is 1.05 bits per heavy atom. The van der Waals surface area contributed by atoms with E-state index >= 15 is 0 Å². The van der Waals surface area contributed by atoms with Crippen LogP contribution in [0.25, 0.3) is 22.0 Å². The molecular formula is C16H13NO3. The standard InChI is InChI=1S/C16H13NO3/c18-13-4-1-10(2-5-13)11-3-6-15-14(7-11)12(9-17-15)8-16(19)20/h1-7,9,17-18H,8H2,(H,19,20). The van der Waals surface area contributed by atoms with Gasteiger partial charge in [-0.25, -0.2) is 0 Å². The molecule has 0 amide bonds. The maximum absolute atomic E-state index is 10.9. The van der Waals surface area contributed by atoms with Crippen LogP contribution in [0, 0.1) is 0 Å². The summed E-state index contributed by atoms with van der Waals surface area (Å²) in [6, 6.07) is 12.8. The highest BCUT2D eigenvalue weighted by Gasteiger charge is 2.09. The van der Waals surface area contributed by atoms with Crippen molar-refractivity contribution in [3.8, 4) is 16.9 Å².